The molecule has 2 heterocycles. The van der Waals surface area contributed by atoms with Crippen LogP contribution >= 0.6 is 11.6 Å². The van der Waals surface area contributed by atoms with Crippen LogP contribution in [0.15, 0.2) is 77.7 Å². The number of hydrogen-bond donors (Lipinski definition) is 2. The van der Waals surface area contributed by atoms with Crippen molar-refractivity contribution in [1.82, 2.24) is 9.38 Å². The number of ether oxygens (including phenoxy) is 1. The minimum absolute atomic E-state index is 0.0739. The zero-order valence-corrected chi connectivity index (χ0v) is 17.4. The summed E-state index contributed by atoms with van der Waals surface area (Å²) in [6.07, 6.45) is 1.74. The molecule has 0 spiro atoms. The molecule has 2 aromatic heterocycles. The first-order valence-corrected chi connectivity index (χ1v) is 9.91. The monoisotopic (exact) mass is 434 g/mol. The number of urea groups is 1. The van der Waals surface area contributed by atoms with Crippen molar-refractivity contribution in [3.63, 3.8) is 0 Å². The summed E-state index contributed by atoms with van der Waals surface area (Å²) in [6, 6.07) is 18.6. The van der Waals surface area contributed by atoms with Gasteiger partial charge in [-0.2, -0.15) is 0 Å². The van der Waals surface area contributed by atoms with E-state index in [1.807, 2.05) is 13.0 Å². The Labute approximate surface area is 183 Å². The maximum Gasteiger partial charge on any atom is 0.323 e. The number of pyridine rings is 1. The van der Waals surface area contributed by atoms with Crippen LogP contribution in [-0.2, 0) is 6.61 Å². The summed E-state index contributed by atoms with van der Waals surface area (Å²) < 4.78 is 7.34. The van der Waals surface area contributed by atoms with Crippen LogP contribution in [-0.4, -0.2) is 15.4 Å². The lowest BCUT2D eigenvalue weighted by molar-refractivity contribution is 0.261. The second-order valence-corrected chi connectivity index (χ2v) is 7.27. The molecule has 2 amide bonds. The van der Waals surface area contributed by atoms with Crippen LogP contribution in [0.2, 0.25) is 5.02 Å². The molecule has 2 N–H and O–H groups in total. The fourth-order valence-electron chi connectivity index (χ4n) is 3.02. The van der Waals surface area contributed by atoms with Gasteiger partial charge in [-0.25, -0.2) is 9.78 Å². The van der Waals surface area contributed by atoms with Crippen LogP contribution in [0.25, 0.3) is 5.65 Å². The van der Waals surface area contributed by atoms with E-state index < -0.39 is 6.03 Å². The molecule has 7 nitrogen and oxygen atoms in total. The molecule has 4 rings (SSSR count). The maximum atomic E-state index is 12.4. The van der Waals surface area contributed by atoms with E-state index >= 15 is 0 Å². The van der Waals surface area contributed by atoms with E-state index in [0.717, 1.165) is 5.56 Å². The van der Waals surface area contributed by atoms with Gasteiger partial charge in [0.2, 0.25) is 0 Å². The van der Waals surface area contributed by atoms with Gasteiger partial charge in [0, 0.05) is 12.3 Å². The largest absolute Gasteiger partial charge is 0.485 e. The van der Waals surface area contributed by atoms with E-state index in [4.69, 9.17) is 16.3 Å². The predicted molar refractivity (Wildman–Crippen MR) is 121 cm³/mol. The summed E-state index contributed by atoms with van der Waals surface area (Å²) in [6.45, 7) is 1.99. The number of amides is 2. The number of para-hydroxylation sites is 3. The fourth-order valence-corrected chi connectivity index (χ4v) is 3.20. The number of benzene rings is 2. The van der Waals surface area contributed by atoms with Crippen LogP contribution in [0.1, 0.15) is 11.3 Å². The lowest BCUT2D eigenvalue weighted by atomic mass is 10.3. The van der Waals surface area contributed by atoms with Gasteiger partial charge in [-0.3, -0.25) is 9.20 Å². The summed E-state index contributed by atoms with van der Waals surface area (Å²) in [5, 5.41) is 5.88. The lowest BCUT2D eigenvalue weighted by Crippen LogP contribution is -2.20. The number of nitrogens with one attached hydrogen (secondary N) is 2. The molecule has 2 aromatic carbocycles. The Balaban J connectivity index is 1.48. The summed E-state index contributed by atoms with van der Waals surface area (Å²) in [4.78, 5) is 29.2. The minimum atomic E-state index is -0.457. The molecule has 0 unspecified atom stereocenters. The molecule has 4 aromatic rings. The number of fused-ring (bicyclic) bond motifs is 1. The summed E-state index contributed by atoms with van der Waals surface area (Å²) in [5.74, 6) is 0.447. The van der Waals surface area contributed by atoms with Gasteiger partial charge in [-0.1, -0.05) is 41.9 Å². The van der Waals surface area contributed by atoms with Gasteiger partial charge in [0.1, 0.15) is 18.0 Å². The van der Waals surface area contributed by atoms with Crippen LogP contribution < -0.4 is 20.9 Å². The van der Waals surface area contributed by atoms with Gasteiger partial charge in [-0.05, 0) is 42.8 Å². The van der Waals surface area contributed by atoms with Gasteiger partial charge in [0.15, 0.2) is 0 Å². The maximum absolute atomic E-state index is 12.4. The number of carbonyl (C=O) groups is 1. The minimum Gasteiger partial charge on any atom is -0.485 e. The third-order valence-electron chi connectivity index (χ3n) is 4.49. The smallest absolute Gasteiger partial charge is 0.323 e. The average Bonchev–Trinajstić information content (AvgIpc) is 2.75. The molecule has 0 aliphatic rings. The summed E-state index contributed by atoms with van der Waals surface area (Å²) in [7, 11) is 0. The number of aromatic nitrogens is 2. The Bertz CT molecular complexity index is 1320. The van der Waals surface area contributed by atoms with Crippen molar-refractivity contribution < 1.29 is 9.53 Å². The topological polar surface area (TPSA) is 84.7 Å². The molecular formula is C23H19ClN4O3. The van der Waals surface area contributed by atoms with Crippen molar-refractivity contribution in [1.29, 1.82) is 0 Å². The molecule has 0 fully saturated rings. The molecule has 0 saturated heterocycles. The summed E-state index contributed by atoms with van der Waals surface area (Å²) >= 11 is 6.08. The number of rotatable bonds is 5. The number of halogens is 1. The van der Waals surface area contributed by atoms with Crippen molar-refractivity contribution in [2.24, 2.45) is 0 Å². The third-order valence-corrected chi connectivity index (χ3v) is 4.82. The molecule has 156 valence electrons. The molecule has 8 heteroatoms. The van der Waals surface area contributed by atoms with Gasteiger partial charge in [-0.15, -0.1) is 0 Å². The Kier molecular flexibility index (Phi) is 5.86. The molecule has 0 atom stereocenters. The van der Waals surface area contributed by atoms with Crippen molar-refractivity contribution in [3.05, 3.63) is 99.6 Å². The Morgan fingerprint density at radius 1 is 1.03 bits per heavy atom. The lowest BCUT2D eigenvalue weighted by Gasteiger charge is -2.13. The zero-order chi connectivity index (χ0) is 21.8. The number of hydrogen-bond acceptors (Lipinski definition) is 4. The highest BCUT2D eigenvalue weighted by atomic mass is 35.5. The first-order valence-electron chi connectivity index (χ1n) is 9.53. The van der Waals surface area contributed by atoms with E-state index in [2.05, 4.69) is 15.6 Å². The first-order chi connectivity index (χ1) is 15.0. The van der Waals surface area contributed by atoms with Gasteiger partial charge < -0.3 is 15.4 Å². The van der Waals surface area contributed by atoms with Crippen LogP contribution in [0.3, 0.4) is 0 Å². The molecule has 0 saturated carbocycles. The molecule has 31 heavy (non-hydrogen) atoms. The second-order valence-electron chi connectivity index (χ2n) is 6.86. The normalized spacial score (nSPS) is 10.6. The summed E-state index contributed by atoms with van der Waals surface area (Å²) in [5.41, 5.74) is 2.79. The van der Waals surface area contributed by atoms with Crippen molar-refractivity contribution in [2.75, 3.05) is 10.6 Å². The van der Waals surface area contributed by atoms with E-state index in [1.165, 1.54) is 10.5 Å². The van der Waals surface area contributed by atoms with Crippen molar-refractivity contribution >= 4 is 34.7 Å². The van der Waals surface area contributed by atoms with E-state index in [1.54, 1.807) is 60.8 Å². The predicted octanol–water partition coefficient (Wildman–Crippen LogP) is 4.88. The van der Waals surface area contributed by atoms with Crippen LogP contribution in [0.5, 0.6) is 5.75 Å². The quantitative estimate of drug-likeness (QED) is 0.469. The fraction of sp³-hybridized carbons (Fsp3) is 0.0870. The van der Waals surface area contributed by atoms with E-state index in [9.17, 15) is 9.59 Å². The molecule has 0 radical (unpaired) electrons. The van der Waals surface area contributed by atoms with Crippen LogP contribution in [0, 0.1) is 6.92 Å². The standard InChI is InChI=1S/C23H19ClN4O3/c1-15-10-11-21-25-16(12-22(29)28(21)13-15)14-31-20-9-5-4-8-19(20)27-23(30)26-18-7-3-2-6-17(18)24/h2-13H,14H2,1H3,(H2,26,27,30). The Morgan fingerprint density at radius 3 is 2.55 bits per heavy atom. The zero-order valence-electron chi connectivity index (χ0n) is 16.6. The van der Waals surface area contributed by atoms with Crippen LogP contribution in [0.4, 0.5) is 16.2 Å². The number of nitrogens with zero attached hydrogens (tertiary/aromatic N) is 2. The number of carbonyl (C=O) groups excluding carboxylic acids is 1. The SMILES string of the molecule is Cc1ccc2nc(COc3ccccc3NC(=O)Nc3ccccc3Cl)cc(=O)n2c1. The Morgan fingerprint density at radius 2 is 1.74 bits per heavy atom. The molecular weight excluding hydrogens is 416 g/mol. The Hall–Kier alpha value is -3.84. The van der Waals surface area contributed by atoms with Crippen molar-refractivity contribution in [2.45, 2.75) is 13.5 Å². The van der Waals surface area contributed by atoms with Gasteiger partial charge >= 0.3 is 6.03 Å². The van der Waals surface area contributed by atoms with E-state index in [-0.39, 0.29) is 12.2 Å². The average molecular weight is 435 g/mol. The first kappa shape index (κ1) is 20.4. The highest BCUT2D eigenvalue weighted by Crippen LogP contribution is 2.26. The highest BCUT2D eigenvalue weighted by Gasteiger charge is 2.10. The number of aryl methyl sites for hydroxylation is 1. The van der Waals surface area contributed by atoms with Crippen molar-refractivity contribution in [3.8, 4) is 5.75 Å². The molecule has 0 aliphatic carbocycles. The second kappa shape index (κ2) is 8.89. The molecule has 0 bridgehead atoms. The number of anilines is 2. The van der Waals surface area contributed by atoms with E-state index in [0.29, 0.717) is 33.5 Å². The molecule has 0 aliphatic heterocycles. The van der Waals surface area contributed by atoms with Gasteiger partial charge in [0.25, 0.3) is 5.56 Å². The highest BCUT2D eigenvalue weighted by molar-refractivity contribution is 6.33. The van der Waals surface area contributed by atoms with Gasteiger partial charge in [0.05, 0.1) is 22.1 Å². The third kappa shape index (κ3) is 4.84.